The second-order valence-electron chi connectivity index (χ2n) is 13.9. The molecule has 0 aromatic carbocycles. The quantitative estimate of drug-likeness (QED) is 0.0465. The summed E-state index contributed by atoms with van der Waals surface area (Å²) in [5, 5.41) is 52.2. The first-order valence-corrected chi connectivity index (χ1v) is 18.7. The number of esters is 1. The normalized spacial score (nSPS) is 23.5. The van der Waals surface area contributed by atoms with Crippen molar-refractivity contribution in [3.63, 3.8) is 0 Å². The number of carbonyl (C=O) groups excluding carboxylic acids is 1. The second-order valence-corrected chi connectivity index (χ2v) is 13.9. The van der Waals surface area contributed by atoms with Crippen molar-refractivity contribution >= 4 is 5.97 Å². The SMILES string of the molecule is CCCCCCC(O)CCCC(O)C1CCC(C(O)CCC(O)C(O)CCCCCCCCCCCCC2=C[C@H](C)OC2=O)O1. The zero-order chi connectivity index (χ0) is 32.9. The smallest absolute Gasteiger partial charge is 0.334 e. The highest BCUT2D eigenvalue weighted by atomic mass is 16.5. The van der Waals surface area contributed by atoms with Gasteiger partial charge in [-0.05, 0) is 83.6 Å². The average Bonchev–Trinajstić information content (AvgIpc) is 3.64. The number of ether oxygens (including phenoxy) is 2. The highest BCUT2D eigenvalue weighted by Crippen LogP contribution is 2.29. The summed E-state index contributed by atoms with van der Waals surface area (Å²) in [5.41, 5.74) is 0.842. The first-order valence-electron chi connectivity index (χ1n) is 18.7. The summed E-state index contributed by atoms with van der Waals surface area (Å²) in [6, 6.07) is 0. The van der Waals surface area contributed by atoms with Crippen LogP contribution in [0.3, 0.4) is 0 Å². The molecule has 2 aliphatic heterocycles. The van der Waals surface area contributed by atoms with Crippen LogP contribution in [0.5, 0.6) is 0 Å². The van der Waals surface area contributed by atoms with E-state index in [2.05, 4.69) is 6.92 Å². The van der Waals surface area contributed by atoms with Gasteiger partial charge < -0.3 is 35.0 Å². The van der Waals surface area contributed by atoms with Gasteiger partial charge in [-0.1, -0.05) is 90.4 Å². The molecule has 8 heteroatoms. The Kier molecular flexibility index (Phi) is 21.6. The molecule has 1 fully saturated rings. The molecule has 2 rings (SSSR count). The molecule has 0 radical (unpaired) electrons. The summed E-state index contributed by atoms with van der Waals surface area (Å²) in [5.74, 6) is -0.142. The Hall–Kier alpha value is -1.03. The van der Waals surface area contributed by atoms with Gasteiger partial charge in [0.15, 0.2) is 0 Å². The Balaban J connectivity index is 1.41. The molecule has 8 atom stereocenters. The van der Waals surface area contributed by atoms with Gasteiger partial charge in [-0.15, -0.1) is 0 Å². The molecular weight excluding hydrogens is 572 g/mol. The third kappa shape index (κ3) is 17.6. The van der Waals surface area contributed by atoms with Gasteiger partial charge >= 0.3 is 5.97 Å². The van der Waals surface area contributed by atoms with Crippen molar-refractivity contribution in [1.29, 1.82) is 0 Å². The zero-order valence-electron chi connectivity index (χ0n) is 28.6. The molecule has 2 heterocycles. The summed E-state index contributed by atoms with van der Waals surface area (Å²) in [7, 11) is 0. The largest absolute Gasteiger partial charge is 0.455 e. The van der Waals surface area contributed by atoms with Gasteiger partial charge in [0.05, 0.1) is 42.7 Å². The monoisotopic (exact) mass is 640 g/mol. The summed E-state index contributed by atoms with van der Waals surface area (Å²) in [6.07, 6.45) is 20.3. The molecule has 1 saturated heterocycles. The molecule has 0 amide bonds. The molecule has 5 N–H and O–H groups in total. The van der Waals surface area contributed by atoms with E-state index in [-0.39, 0.29) is 30.4 Å². The Morgan fingerprint density at radius 2 is 1.16 bits per heavy atom. The molecule has 7 unspecified atom stereocenters. The summed E-state index contributed by atoms with van der Waals surface area (Å²) < 4.78 is 11.1. The van der Waals surface area contributed by atoms with E-state index < -0.39 is 24.4 Å². The number of rotatable bonds is 28. The first kappa shape index (κ1) is 40.1. The first-order chi connectivity index (χ1) is 21.7. The van der Waals surface area contributed by atoms with Gasteiger partial charge in [0.2, 0.25) is 0 Å². The maximum absolute atomic E-state index is 11.6. The lowest BCUT2D eigenvalue weighted by atomic mass is 9.97. The van der Waals surface area contributed by atoms with Crippen molar-refractivity contribution in [2.75, 3.05) is 0 Å². The molecule has 0 bridgehead atoms. The van der Waals surface area contributed by atoms with Crippen LogP contribution in [0.1, 0.15) is 168 Å². The number of carbonyl (C=O) groups is 1. The van der Waals surface area contributed by atoms with E-state index in [1.807, 2.05) is 13.0 Å². The Bertz CT molecular complexity index is 788. The number of aliphatic hydroxyl groups is 5. The lowest BCUT2D eigenvalue weighted by Gasteiger charge is -2.24. The Morgan fingerprint density at radius 3 is 1.76 bits per heavy atom. The Morgan fingerprint density at radius 1 is 0.644 bits per heavy atom. The minimum Gasteiger partial charge on any atom is -0.455 e. The van der Waals surface area contributed by atoms with Crippen LogP contribution < -0.4 is 0 Å². The fourth-order valence-electron chi connectivity index (χ4n) is 6.77. The predicted molar refractivity (Wildman–Crippen MR) is 179 cm³/mol. The third-order valence-electron chi connectivity index (χ3n) is 9.76. The lowest BCUT2D eigenvalue weighted by molar-refractivity contribution is -0.139. The fraction of sp³-hybridized carbons (Fsp3) is 0.919. The van der Waals surface area contributed by atoms with Crippen molar-refractivity contribution in [1.82, 2.24) is 0 Å². The van der Waals surface area contributed by atoms with Gasteiger partial charge in [-0.2, -0.15) is 0 Å². The van der Waals surface area contributed by atoms with Crippen LogP contribution in [0, 0.1) is 0 Å². The Labute approximate surface area is 274 Å². The van der Waals surface area contributed by atoms with Gasteiger partial charge in [0.1, 0.15) is 6.10 Å². The van der Waals surface area contributed by atoms with Gasteiger partial charge in [0, 0.05) is 5.57 Å². The van der Waals surface area contributed by atoms with E-state index in [1.165, 1.54) is 44.9 Å². The lowest BCUT2D eigenvalue weighted by Crippen LogP contribution is -2.33. The fourth-order valence-corrected chi connectivity index (χ4v) is 6.77. The summed E-state index contributed by atoms with van der Waals surface area (Å²) in [4.78, 5) is 11.6. The standard InChI is InChI=1S/C37H68O8/c1-3-4-5-15-19-30(38)20-17-22-33(41)35-25-26-36(45-35)34(42)24-23-32(40)31(39)21-16-13-11-9-7-6-8-10-12-14-18-29-27-28(2)44-37(29)43/h27-28,30-36,38-42H,3-26H2,1-2H3/t28-,30?,31?,32?,33?,34?,35?,36?/m0/s1. The minimum atomic E-state index is -0.852. The van der Waals surface area contributed by atoms with Crippen LogP contribution in [0.15, 0.2) is 11.6 Å². The highest BCUT2D eigenvalue weighted by Gasteiger charge is 2.34. The zero-order valence-corrected chi connectivity index (χ0v) is 28.6. The summed E-state index contributed by atoms with van der Waals surface area (Å²) >= 11 is 0. The molecule has 45 heavy (non-hydrogen) atoms. The summed E-state index contributed by atoms with van der Waals surface area (Å²) in [6.45, 7) is 4.07. The molecule has 0 spiro atoms. The number of cyclic esters (lactones) is 1. The van der Waals surface area contributed by atoms with E-state index in [9.17, 15) is 30.3 Å². The second kappa shape index (κ2) is 24.2. The topological polar surface area (TPSA) is 137 Å². The molecule has 264 valence electrons. The van der Waals surface area contributed by atoms with Gasteiger partial charge in [-0.3, -0.25) is 0 Å². The van der Waals surface area contributed by atoms with Crippen molar-refractivity contribution in [3.8, 4) is 0 Å². The van der Waals surface area contributed by atoms with Crippen LogP contribution in [-0.4, -0.2) is 80.3 Å². The van der Waals surface area contributed by atoms with E-state index in [1.54, 1.807) is 0 Å². The average molecular weight is 641 g/mol. The van der Waals surface area contributed by atoms with Crippen LogP contribution >= 0.6 is 0 Å². The molecule has 0 saturated carbocycles. The van der Waals surface area contributed by atoms with Crippen molar-refractivity contribution in [2.24, 2.45) is 0 Å². The number of aliphatic hydroxyl groups excluding tert-OH is 5. The molecule has 0 aromatic rings. The van der Waals surface area contributed by atoms with Crippen molar-refractivity contribution < 1.29 is 39.8 Å². The predicted octanol–water partition coefficient (Wildman–Crippen LogP) is 6.81. The van der Waals surface area contributed by atoms with Gasteiger partial charge in [-0.25, -0.2) is 4.79 Å². The third-order valence-corrected chi connectivity index (χ3v) is 9.76. The van der Waals surface area contributed by atoms with E-state index in [0.29, 0.717) is 44.9 Å². The van der Waals surface area contributed by atoms with Crippen LogP contribution in [-0.2, 0) is 14.3 Å². The number of hydrogen-bond acceptors (Lipinski definition) is 8. The minimum absolute atomic E-state index is 0.0689. The molecule has 8 nitrogen and oxygen atoms in total. The maximum Gasteiger partial charge on any atom is 0.334 e. The molecular formula is C37H68O8. The van der Waals surface area contributed by atoms with Crippen molar-refractivity contribution in [3.05, 3.63) is 11.6 Å². The van der Waals surface area contributed by atoms with E-state index >= 15 is 0 Å². The molecule has 2 aliphatic rings. The maximum atomic E-state index is 11.6. The van der Waals surface area contributed by atoms with Crippen molar-refractivity contribution in [2.45, 2.75) is 217 Å². The number of unbranched alkanes of at least 4 members (excludes halogenated alkanes) is 12. The van der Waals surface area contributed by atoms with Crippen LogP contribution in [0.4, 0.5) is 0 Å². The highest BCUT2D eigenvalue weighted by molar-refractivity contribution is 5.90. The van der Waals surface area contributed by atoms with Gasteiger partial charge in [0.25, 0.3) is 0 Å². The van der Waals surface area contributed by atoms with Crippen LogP contribution in [0.25, 0.3) is 0 Å². The van der Waals surface area contributed by atoms with E-state index in [4.69, 9.17) is 9.47 Å². The molecule has 0 aromatic heterocycles. The van der Waals surface area contributed by atoms with Crippen LogP contribution in [0.2, 0.25) is 0 Å². The van der Waals surface area contributed by atoms with E-state index in [0.717, 1.165) is 69.8 Å². The number of hydrogen-bond donors (Lipinski definition) is 5. The molecule has 0 aliphatic carbocycles.